The lowest BCUT2D eigenvalue weighted by atomic mass is 10.00. The molecular formula is C34H42N6. The van der Waals surface area contributed by atoms with Crippen LogP contribution in [-0.4, -0.2) is 62.5 Å². The monoisotopic (exact) mass is 534 g/mol. The standard InChI is InChI=1S/C34H42N6/c1-24(2)40-16-14-39(15-17-40)23-26-10-12-27(13-11-26)29-18-30(22-35-21-29)28-19-32(31-9-7-8-25(3)36-31)37-33(20-28)38-34(4,5)6/h7-13,18-22,24H,14-17,23H2,1-6H3,(H,37,38). The van der Waals surface area contributed by atoms with E-state index < -0.39 is 0 Å². The van der Waals surface area contributed by atoms with Gasteiger partial charge in [-0.15, -0.1) is 0 Å². The Kier molecular flexibility index (Phi) is 8.29. The number of hydrogen-bond donors (Lipinski definition) is 1. The van der Waals surface area contributed by atoms with Crippen molar-refractivity contribution in [3.05, 3.63) is 84.3 Å². The lowest BCUT2D eigenvalue weighted by Gasteiger charge is -2.36. The normalized spacial score (nSPS) is 15.0. The van der Waals surface area contributed by atoms with Gasteiger partial charge in [0.1, 0.15) is 5.82 Å². The van der Waals surface area contributed by atoms with Gasteiger partial charge in [-0.05, 0) is 88.6 Å². The van der Waals surface area contributed by atoms with Gasteiger partial charge in [-0.3, -0.25) is 19.8 Å². The van der Waals surface area contributed by atoms with Crippen LogP contribution in [0.5, 0.6) is 0 Å². The van der Waals surface area contributed by atoms with Crippen LogP contribution in [0.4, 0.5) is 5.82 Å². The first-order valence-corrected chi connectivity index (χ1v) is 14.4. The van der Waals surface area contributed by atoms with Gasteiger partial charge in [0.25, 0.3) is 0 Å². The van der Waals surface area contributed by atoms with E-state index in [1.165, 1.54) is 11.1 Å². The number of anilines is 1. The average molecular weight is 535 g/mol. The van der Waals surface area contributed by atoms with E-state index in [4.69, 9.17) is 9.97 Å². The molecule has 0 amide bonds. The number of benzene rings is 1. The molecule has 40 heavy (non-hydrogen) atoms. The molecule has 208 valence electrons. The maximum atomic E-state index is 4.91. The number of pyridine rings is 3. The number of nitrogens with one attached hydrogen (secondary N) is 1. The van der Waals surface area contributed by atoms with Crippen LogP contribution in [0.15, 0.2) is 73.1 Å². The van der Waals surface area contributed by atoms with Crippen molar-refractivity contribution in [2.75, 3.05) is 31.5 Å². The van der Waals surface area contributed by atoms with Gasteiger partial charge in [0.2, 0.25) is 0 Å². The van der Waals surface area contributed by atoms with E-state index in [0.717, 1.165) is 72.3 Å². The van der Waals surface area contributed by atoms with Crippen molar-refractivity contribution in [1.82, 2.24) is 24.8 Å². The van der Waals surface area contributed by atoms with Crippen molar-refractivity contribution in [2.45, 2.75) is 59.7 Å². The summed E-state index contributed by atoms with van der Waals surface area (Å²) < 4.78 is 0. The molecule has 6 nitrogen and oxygen atoms in total. The minimum absolute atomic E-state index is 0.118. The number of aryl methyl sites for hydroxylation is 1. The fraction of sp³-hybridized carbons (Fsp3) is 0.382. The molecule has 0 spiro atoms. The molecule has 1 aliphatic rings. The lowest BCUT2D eigenvalue weighted by molar-refractivity contribution is 0.104. The zero-order valence-corrected chi connectivity index (χ0v) is 24.8. The molecule has 3 aromatic heterocycles. The highest BCUT2D eigenvalue weighted by Gasteiger charge is 2.19. The Balaban J connectivity index is 1.38. The molecular weight excluding hydrogens is 492 g/mol. The molecule has 1 N–H and O–H groups in total. The molecule has 1 saturated heterocycles. The molecule has 0 atom stereocenters. The summed E-state index contributed by atoms with van der Waals surface area (Å²) in [5.74, 6) is 0.826. The molecule has 0 radical (unpaired) electrons. The predicted octanol–water partition coefficient (Wildman–Crippen LogP) is 6.92. The first-order chi connectivity index (χ1) is 19.1. The minimum atomic E-state index is -0.118. The molecule has 0 bridgehead atoms. The van der Waals surface area contributed by atoms with Crippen LogP contribution in [0.25, 0.3) is 33.6 Å². The molecule has 1 fully saturated rings. The second kappa shape index (κ2) is 11.9. The van der Waals surface area contributed by atoms with E-state index in [2.05, 4.69) is 97.2 Å². The Morgan fingerprint density at radius 3 is 2.12 bits per heavy atom. The molecule has 5 rings (SSSR count). The number of hydrogen-bond acceptors (Lipinski definition) is 6. The van der Waals surface area contributed by atoms with Gasteiger partial charge >= 0.3 is 0 Å². The third-order valence-electron chi connectivity index (χ3n) is 7.38. The van der Waals surface area contributed by atoms with E-state index in [9.17, 15) is 0 Å². The van der Waals surface area contributed by atoms with Crippen molar-refractivity contribution in [3.63, 3.8) is 0 Å². The van der Waals surface area contributed by atoms with Crippen LogP contribution in [0.3, 0.4) is 0 Å². The molecule has 0 unspecified atom stereocenters. The topological polar surface area (TPSA) is 57.2 Å². The summed E-state index contributed by atoms with van der Waals surface area (Å²) in [7, 11) is 0. The highest BCUT2D eigenvalue weighted by molar-refractivity contribution is 5.76. The maximum absolute atomic E-state index is 4.91. The summed E-state index contributed by atoms with van der Waals surface area (Å²) in [6.45, 7) is 18.6. The fourth-order valence-corrected chi connectivity index (χ4v) is 5.22. The summed E-state index contributed by atoms with van der Waals surface area (Å²) >= 11 is 0. The van der Waals surface area contributed by atoms with E-state index in [-0.39, 0.29) is 5.54 Å². The summed E-state index contributed by atoms with van der Waals surface area (Å²) in [5, 5.41) is 3.54. The van der Waals surface area contributed by atoms with Gasteiger partial charge in [0.15, 0.2) is 0 Å². The molecule has 6 heteroatoms. The van der Waals surface area contributed by atoms with E-state index in [1.54, 1.807) is 0 Å². The van der Waals surface area contributed by atoms with Gasteiger partial charge in [-0.25, -0.2) is 4.98 Å². The first kappa shape index (κ1) is 27.9. The third-order valence-corrected chi connectivity index (χ3v) is 7.38. The molecule has 4 heterocycles. The predicted molar refractivity (Wildman–Crippen MR) is 166 cm³/mol. The molecule has 0 saturated carbocycles. The Hall–Kier alpha value is -3.61. The summed E-state index contributed by atoms with van der Waals surface area (Å²) in [6, 6.07) is 22.1. The summed E-state index contributed by atoms with van der Waals surface area (Å²) in [4.78, 5) is 19.4. The van der Waals surface area contributed by atoms with Crippen LogP contribution in [0.2, 0.25) is 0 Å². The van der Waals surface area contributed by atoms with Crippen LogP contribution in [0.1, 0.15) is 45.9 Å². The SMILES string of the molecule is Cc1cccc(-c2cc(-c3cncc(-c4ccc(CN5CCN(C(C)C)CC5)cc4)c3)cc(NC(C)(C)C)n2)n1. The Morgan fingerprint density at radius 2 is 1.48 bits per heavy atom. The number of aromatic nitrogens is 3. The van der Waals surface area contributed by atoms with Gasteiger partial charge in [0, 0.05) is 73.5 Å². The third kappa shape index (κ3) is 7.12. The average Bonchev–Trinajstić information content (AvgIpc) is 2.93. The van der Waals surface area contributed by atoms with Crippen LogP contribution in [0, 0.1) is 6.92 Å². The van der Waals surface area contributed by atoms with Gasteiger partial charge < -0.3 is 5.32 Å². The van der Waals surface area contributed by atoms with Gasteiger partial charge in [-0.2, -0.15) is 0 Å². The molecule has 1 aliphatic heterocycles. The smallest absolute Gasteiger partial charge is 0.127 e. The lowest BCUT2D eigenvalue weighted by Crippen LogP contribution is -2.48. The highest BCUT2D eigenvalue weighted by atomic mass is 15.3. The molecule has 0 aliphatic carbocycles. The Bertz CT molecular complexity index is 1430. The number of rotatable bonds is 7. The van der Waals surface area contributed by atoms with Crippen molar-refractivity contribution >= 4 is 5.82 Å². The zero-order valence-electron chi connectivity index (χ0n) is 24.8. The molecule has 4 aromatic rings. The van der Waals surface area contributed by atoms with E-state index >= 15 is 0 Å². The second-order valence-electron chi connectivity index (χ2n) is 12.2. The summed E-state index contributed by atoms with van der Waals surface area (Å²) in [5.41, 5.74) is 8.31. The van der Waals surface area contributed by atoms with E-state index in [0.29, 0.717) is 6.04 Å². The second-order valence-corrected chi connectivity index (χ2v) is 12.2. The first-order valence-electron chi connectivity index (χ1n) is 14.4. The van der Waals surface area contributed by atoms with Crippen LogP contribution < -0.4 is 5.32 Å². The number of nitrogens with zero attached hydrogens (tertiary/aromatic N) is 5. The van der Waals surface area contributed by atoms with Crippen LogP contribution in [-0.2, 0) is 6.54 Å². The Morgan fingerprint density at radius 1 is 0.775 bits per heavy atom. The zero-order chi connectivity index (χ0) is 28.3. The number of piperazine rings is 1. The fourth-order valence-electron chi connectivity index (χ4n) is 5.22. The van der Waals surface area contributed by atoms with Crippen molar-refractivity contribution in [1.29, 1.82) is 0 Å². The van der Waals surface area contributed by atoms with E-state index in [1.807, 2.05) is 37.5 Å². The minimum Gasteiger partial charge on any atom is -0.365 e. The highest BCUT2D eigenvalue weighted by Crippen LogP contribution is 2.31. The van der Waals surface area contributed by atoms with Crippen molar-refractivity contribution in [3.8, 4) is 33.6 Å². The summed E-state index contributed by atoms with van der Waals surface area (Å²) in [6.07, 6.45) is 3.88. The quantitative estimate of drug-likeness (QED) is 0.278. The van der Waals surface area contributed by atoms with Crippen LogP contribution >= 0.6 is 0 Å². The van der Waals surface area contributed by atoms with Crippen molar-refractivity contribution in [2.24, 2.45) is 0 Å². The maximum Gasteiger partial charge on any atom is 0.127 e. The van der Waals surface area contributed by atoms with Gasteiger partial charge in [0.05, 0.1) is 11.4 Å². The van der Waals surface area contributed by atoms with Crippen molar-refractivity contribution < 1.29 is 0 Å². The van der Waals surface area contributed by atoms with Gasteiger partial charge in [-0.1, -0.05) is 30.3 Å². The Labute approximate surface area is 239 Å². The largest absolute Gasteiger partial charge is 0.365 e. The molecule has 1 aromatic carbocycles.